The fourth-order valence-corrected chi connectivity index (χ4v) is 3.43. The highest BCUT2D eigenvalue weighted by molar-refractivity contribution is 4.84. The van der Waals surface area contributed by atoms with Crippen molar-refractivity contribution < 1.29 is 9.47 Å². The van der Waals surface area contributed by atoms with Crippen LogP contribution in [0.15, 0.2) is 0 Å². The van der Waals surface area contributed by atoms with E-state index in [9.17, 15) is 0 Å². The maximum Gasteiger partial charge on any atom is 0.0510 e. The number of hydrogen-bond donors (Lipinski definition) is 1. The van der Waals surface area contributed by atoms with Crippen LogP contribution in [0.5, 0.6) is 0 Å². The summed E-state index contributed by atoms with van der Waals surface area (Å²) < 4.78 is 10.9. The second-order valence-corrected chi connectivity index (χ2v) is 6.38. The van der Waals surface area contributed by atoms with E-state index >= 15 is 0 Å². The van der Waals surface area contributed by atoms with Crippen molar-refractivity contribution in [3.63, 3.8) is 0 Å². The Labute approximate surface area is 124 Å². The van der Waals surface area contributed by atoms with E-state index in [-0.39, 0.29) is 0 Å². The number of methoxy groups -OCH3 is 1. The first kappa shape index (κ1) is 16.2. The van der Waals surface area contributed by atoms with Gasteiger partial charge in [-0.05, 0) is 51.2 Å². The van der Waals surface area contributed by atoms with Crippen LogP contribution in [0.1, 0.15) is 32.6 Å². The molecule has 2 unspecified atom stereocenters. The van der Waals surface area contributed by atoms with Gasteiger partial charge in [0.15, 0.2) is 0 Å². The van der Waals surface area contributed by atoms with Gasteiger partial charge in [-0.1, -0.05) is 6.92 Å². The average molecular weight is 284 g/mol. The molecular weight excluding hydrogens is 252 g/mol. The third-order valence-electron chi connectivity index (χ3n) is 4.75. The summed E-state index contributed by atoms with van der Waals surface area (Å²) >= 11 is 0. The van der Waals surface area contributed by atoms with E-state index in [4.69, 9.17) is 9.47 Å². The highest BCUT2D eigenvalue weighted by atomic mass is 16.5. The Kier molecular flexibility index (Phi) is 7.28. The number of rotatable bonds is 8. The summed E-state index contributed by atoms with van der Waals surface area (Å²) in [5.74, 6) is 1.48. The largest absolute Gasteiger partial charge is 0.384 e. The van der Waals surface area contributed by atoms with Crippen LogP contribution in [0.2, 0.25) is 0 Å². The van der Waals surface area contributed by atoms with E-state index < -0.39 is 0 Å². The van der Waals surface area contributed by atoms with Gasteiger partial charge >= 0.3 is 0 Å². The zero-order chi connectivity index (χ0) is 14.2. The summed E-state index contributed by atoms with van der Waals surface area (Å²) in [4.78, 5) is 2.64. The van der Waals surface area contributed by atoms with Gasteiger partial charge in [0.1, 0.15) is 0 Å². The van der Waals surface area contributed by atoms with Crippen LogP contribution in [-0.4, -0.2) is 64.1 Å². The van der Waals surface area contributed by atoms with Crippen molar-refractivity contribution in [2.75, 3.05) is 53.1 Å². The van der Waals surface area contributed by atoms with Gasteiger partial charge in [0, 0.05) is 38.8 Å². The minimum absolute atomic E-state index is 0.608. The van der Waals surface area contributed by atoms with E-state index in [1.54, 1.807) is 0 Å². The Morgan fingerprint density at radius 2 is 2.10 bits per heavy atom. The van der Waals surface area contributed by atoms with Crippen molar-refractivity contribution in [2.24, 2.45) is 11.8 Å². The molecule has 0 aromatic heterocycles. The fraction of sp³-hybridized carbons (Fsp3) is 1.00. The topological polar surface area (TPSA) is 33.7 Å². The molecule has 2 aliphatic rings. The van der Waals surface area contributed by atoms with Gasteiger partial charge in [-0.25, -0.2) is 0 Å². The number of nitrogens with one attached hydrogen (secondary N) is 1. The van der Waals surface area contributed by atoms with Gasteiger partial charge in [0.25, 0.3) is 0 Å². The molecule has 1 N–H and O–H groups in total. The number of likely N-dealkylation sites (tertiary alicyclic amines) is 1. The van der Waals surface area contributed by atoms with Crippen LogP contribution >= 0.6 is 0 Å². The number of hydrogen-bond acceptors (Lipinski definition) is 4. The predicted octanol–water partition coefficient (Wildman–Crippen LogP) is 1.75. The third-order valence-corrected chi connectivity index (χ3v) is 4.75. The lowest BCUT2D eigenvalue weighted by molar-refractivity contribution is 0.0892. The average Bonchev–Trinajstić information content (AvgIpc) is 3.00. The Morgan fingerprint density at radius 1 is 1.30 bits per heavy atom. The van der Waals surface area contributed by atoms with Crippen LogP contribution in [-0.2, 0) is 9.47 Å². The molecule has 4 nitrogen and oxygen atoms in total. The molecule has 2 fully saturated rings. The minimum atomic E-state index is 0.608. The Morgan fingerprint density at radius 3 is 2.70 bits per heavy atom. The van der Waals surface area contributed by atoms with Crippen molar-refractivity contribution in [1.82, 2.24) is 10.2 Å². The number of ether oxygens (including phenoxy) is 2. The van der Waals surface area contributed by atoms with E-state index in [0.717, 1.165) is 32.3 Å². The highest BCUT2D eigenvalue weighted by Crippen LogP contribution is 2.21. The molecule has 0 aliphatic carbocycles. The van der Waals surface area contributed by atoms with E-state index in [1.807, 2.05) is 7.11 Å². The van der Waals surface area contributed by atoms with Gasteiger partial charge < -0.3 is 19.7 Å². The van der Waals surface area contributed by atoms with E-state index in [1.165, 1.54) is 45.3 Å². The Balaban J connectivity index is 1.75. The maximum absolute atomic E-state index is 5.58. The lowest BCUT2D eigenvalue weighted by Gasteiger charge is -2.36. The molecular formula is C16H32N2O2. The molecule has 4 heteroatoms. The highest BCUT2D eigenvalue weighted by Gasteiger charge is 2.28. The fourth-order valence-electron chi connectivity index (χ4n) is 3.43. The lowest BCUT2D eigenvalue weighted by Crippen LogP contribution is -2.48. The summed E-state index contributed by atoms with van der Waals surface area (Å²) in [7, 11) is 1.82. The molecule has 2 atom stereocenters. The van der Waals surface area contributed by atoms with Gasteiger partial charge in [0.2, 0.25) is 0 Å². The monoisotopic (exact) mass is 284 g/mol. The first-order chi connectivity index (χ1) is 9.83. The van der Waals surface area contributed by atoms with Crippen molar-refractivity contribution in [3.05, 3.63) is 0 Å². The smallest absolute Gasteiger partial charge is 0.0510 e. The van der Waals surface area contributed by atoms with Gasteiger partial charge in [-0.3, -0.25) is 0 Å². The molecule has 0 spiro atoms. The van der Waals surface area contributed by atoms with Crippen molar-refractivity contribution >= 4 is 0 Å². The minimum Gasteiger partial charge on any atom is -0.384 e. The molecule has 20 heavy (non-hydrogen) atoms. The molecule has 2 rings (SSSR count). The standard InChI is InChI=1S/C16H32N2O2/c1-3-7-17-16(15-6-10-20-13-15)11-18-8-4-14(5-9-18)12-19-2/h14-17H,3-13H2,1-2H3. The molecule has 0 aromatic rings. The summed E-state index contributed by atoms with van der Waals surface area (Å²) in [6, 6.07) is 0.608. The number of nitrogens with zero attached hydrogens (tertiary/aromatic N) is 1. The lowest BCUT2D eigenvalue weighted by atomic mass is 9.94. The zero-order valence-electron chi connectivity index (χ0n) is 13.3. The van der Waals surface area contributed by atoms with E-state index in [2.05, 4.69) is 17.1 Å². The van der Waals surface area contributed by atoms with Crippen LogP contribution in [0.25, 0.3) is 0 Å². The van der Waals surface area contributed by atoms with Crippen molar-refractivity contribution in [3.8, 4) is 0 Å². The second-order valence-electron chi connectivity index (χ2n) is 6.38. The van der Waals surface area contributed by atoms with Gasteiger partial charge in [0.05, 0.1) is 6.61 Å². The quantitative estimate of drug-likeness (QED) is 0.736. The van der Waals surface area contributed by atoms with Crippen LogP contribution in [0, 0.1) is 11.8 Å². The second kappa shape index (κ2) is 8.98. The Bertz CT molecular complexity index is 249. The van der Waals surface area contributed by atoms with Crippen LogP contribution in [0.3, 0.4) is 0 Å². The molecule has 0 saturated carbocycles. The van der Waals surface area contributed by atoms with Gasteiger partial charge in [-0.15, -0.1) is 0 Å². The summed E-state index contributed by atoms with van der Waals surface area (Å²) in [5, 5.41) is 3.75. The first-order valence-electron chi connectivity index (χ1n) is 8.36. The molecule has 0 radical (unpaired) electrons. The molecule has 2 saturated heterocycles. The number of piperidine rings is 1. The molecule has 2 heterocycles. The molecule has 118 valence electrons. The molecule has 0 aromatic carbocycles. The molecule has 0 bridgehead atoms. The summed E-state index contributed by atoms with van der Waals surface area (Å²) in [6.07, 6.45) is 5.01. The summed E-state index contributed by atoms with van der Waals surface area (Å²) in [5.41, 5.74) is 0. The molecule has 2 aliphatic heterocycles. The van der Waals surface area contributed by atoms with Gasteiger partial charge in [-0.2, -0.15) is 0 Å². The zero-order valence-corrected chi connectivity index (χ0v) is 13.3. The first-order valence-corrected chi connectivity index (χ1v) is 8.36. The SMILES string of the molecule is CCCNC(CN1CCC(COC)CC1)C1CCOC1. The predicted molar refractivity (Wildman–Crippen MR) is 82.0 cm³/mol. The summed E-state index contributed by atoms with van der Waals surface area (Å²) in [6.45, 7) is 9.84. The Hall–Kier alpha value is -0.160. The normalized spacial score (nSPS) is 27.0. The maximum atomic E-state index is 5.58. The molecule has 0 amide bonds. The van der Waals surface area contributed by atoms with Crippen LogP contribution < -0.4 is 5.32 Å². The van der Waals surface area contributed by atoms with Crippen molar-refractivity contribution in [1.29, 1.82) is 0 Å². The van der Waals surface area contributed by atoms with Crippen molar-refractivity contribution in [2.45, 2.75) is 38.6 Å². The van der Waals surface area contributed by atoms with Crippen LogP contribution in [0.4, 0.5) is 0 Å². The van der Waals surface area contributed by atoms with E-state index in [0.29, 0.717) is 12.0 Å². The third kappa shape index (κ3) is 4.99.